The van der Waals surface area contributed by atoms with Crippen molar-refractivity contribution in [3.8, 4) is 0 Å². The molecule has 0 spiro atoms. The van der Waals surface area contributed by atoms with Crippen molar-refractivity contribution in [1.82, 2.24) is 4.72 Å². The Balaban J connectivity index is 2.20. The fraction of sp³-hybridized carbons (Fsp3) is 0.462. The maximum Gasteiger partial charge on any atom is 0.338 e. The number of sulfonamides is 1. The van der Waals surface area contributed by atoms with Crippen molar-refractivity contribution in [2.45, 2.75) is 29.8 Å². The molecular formula is C13H16FNO5S. The number of rotatable bonds is 6. The van der Waals surface area contributed by atoms with E-state index in [-0.39, 0.29) is 11.4 Å². The van der Waals surface area contributed by atoms with Crippen LogP contribution in [0.3, 0.4) is 0 Å². The number of ether oxygens (including phenoxy) is 1. The molecule has 8 heteroatoms. The zero-order chi connectivity index (χ0) is 15.7. The summed E-state index contributed by atoms with van der Waals surface area (Å²) in [4.78, 5) is 10.6. The lowest BCUT2D eigenvalue weighted by molar-refractivity contribution is -0.0659. The number of methoxy groups -OCH3 is 1. The summed E-state index contributed by atoms with van der Waals surface area (Å²) in [6.45, 7) is 0.103. The molecular weight excluding hydrogens is 301 g/mol. The molecule has 0 saturated heterocycles. The highest BCUT2D eigenvalue weighted by Crippen LogP contribution is 2.34. The zero-order valence-electron chi connectivity index (χ0n) is 11.4. The molecule has 0 amide bonds. The van der Waals surface area contributed by atoms with Gasteiger partial charge in [-0.2, -0.15) is 0 Å². The first kappa shape index (κ1) is 15.9. The number of carbonyl (C=O) groups is 1. The van der Waals surface area contributed by atoms with Crippen LogP contribution in [0.15, 0.2) is 23.1 Å². The molecule has 0 heterocycles. The average Bonchev–Trinajstić information content (AvgIpc) is 2.37. The lowest BCUT2D eigenvalue weighted by atomic mass is 9.80. The third-order valence-corrected chi connectivity index (χ3v) is 5.16. The molecule has 0 aliphatic heterocycles. The molecule has 1 aromatic rings. The number of hydrogen-bond donors (Lipinski definition) is 2. The van der Waals surface area contributed by atoms with Crippen LogP contribution >= 0.6 is 0 Å². The van der Waals surface area contributed by atoms with Crippen molar-refractivity contribution in [2.75, 3.05) is 13.7 Å². The second-order valence-electron chi connectivity index (χ2n) is 5.01. The summed E-state index contributed by atoms with van der Waals surface area (Å²) in [5, 5.41) is 8.82. The Bertz CT molecular complexity index is 649. The van der Waals surface area contributed by atoms with Gasteiger partial charge in [0.25, 0.3) is 0 Å². The minimum atomic E-state index is -3.91. The molecule has 21 heavy (non-hydrogen) atoms. The fourth-order valence-corrected chi connectivity index (χ4v) is 3.31. The normalized spacial score (nSPS) is 17.2. The molecule has 1 aromatic carbocycles. The van der Waals surface area contributed by atoms with Crippen LogP contribution in [0.2, 0.25) is 0 Å². The van der Waals surface area contributed by atoms with E-state index < -0.39 is 33.0 Å². The van der Waals surface area contributed by atoms with Crippen molar-refractivity contribution in [1.29, 1.82) is 0 Å². The van der Waals surface area contributed by atoms with Gasteiger partial charge in [0.1, 0.15) is 5.82 Å². The molecule has 116 valence electrons. The first-order chi connectivity index (χ1) is 9.80. The van der Waals surface area contributed by atoms with Gasteiger partial charge in [0.15, 0.2) is 0 Å². The number of nitrogens with one attached hydrogen (secondary N) is 1. The van der Waals surface area contributed by atoms with E-state index >= 15 is 0 Å². The third kappa shape index (κ3) is 3.22. The van der Waals surface area contributed by atoms with E-state index in [0.29, 0.717) is 0 Å². The van der Waals surface area contributed by atoms with Gasteiger partial charge in [-0.15, -0.1) is 0 Å². The van der Waals surface area contributed by atoms with Crippen molar-refractivity contribution < 1.29 is 27.4 Å². The van der Waals surface area contributed by atoms with Crippen LogP contribution < -0.4 is 4.72 Å². The second-order valence-corrected chi connectivity index (χ2v) is 6.78. The Morgan fingerprint density at radius 1 is 1.48 bits per heavy atom. The molecule has 0 bridgehead atoms. The van der Waals surface area contributed by atoms with E-state index in [4.69, 9.17) is 9.84 Å². The van der Waals surface area contributed by atoms with E-state index in [0.717, 1.165) is 37.5 Å². The van der Waals surface area contributed by atoms with Crippen LogP contribution in [0, 0.1) is 5.82 Å². The van der Waals surface area contributed by atoms with E-state index in [2.05, 4.69) is 4.72 Å². The number of halogens is 1. The van der Waals surface area contributed by atoms with Crippen LogP contribution in [0.1, 0.15) is 29.6 Å². The van der Waals surface area contributed by atoms with Crippen LogP contribution in [-0.2, 0) is 14.8 Å². The average molecular weight is 317 g/mol. The number of hydrogen-bond acceptors (Lipinski definition) is 4. The summed E-state index contributed by atoms with van der Waals surface area (Å²) in [6.07, 6.45) is 2.49. The van der Waals surface area contributed by atoms with Crippen LogP contribution in [0.25, 0.3) is 0 Å². The van der Waals surface area contributed by atoms with E-state index in [1.165, 1.54) is 7.11 Å². The maximum atomic E-state index is 13.3. The number of carboxylic acids is 1. The van der Waals surface area contributed by atoms with Crippen molar-refractivity contribution in [3.63, 3.8) is 0 Å². The van der Waals surface area contributed by atoms with Gasteiger partial charge in [0.05, 0.1) is 16.1 Å². The smallest absolute Gasteiger partial charge is 0.338 e. The number of carboxylic acid groups (broad SMARTS) is 1. The summed E-state index contributed by atoms with van der Waals surface area (Å²) >= 11 is 0. The second kappa shape index (κ2) is 5.70. The summed E-state index contributed by atoms with van der Waals surface area (Å²) < 4.78 is 45.3. The SMILES string of the molecule is COC1(CNS(=O)(=O)c2ccc(F)c(C(=O)O)c2)CCC1. The zero-order valence-corrected chi connectivity index (χ0v) is 12.2. The van der Waals surface area contributed by atoms with Gasteiger partial charge in [-0.1, -0.05) is 0 Å². The highest BCUT2D eigenvalue weighted by atomic mass is 32.2. The highest BCUT2D eigenvalue weighted by molar-refractivity contribution is 7.89. The van der Waals surface area contributed by atoms with E-state index in [1.807, 2.05) is 0 Å². The van der Waals surface area contributed by atoms with E-state index in [9.17, 15) is 17.6 Å². The Kier molecular flexibility index (Phi) is 4.31. The Morgan fingerprint density at radius 2 is 2.14 bits per heavy atom. The summed E-state index contributed by atoms with van der Waals surface area (Å²) in [7, 11) is -2.39. The largest absolute Gasteiger partial charge is 0.478 e. The van der Waals surface area contributed by atoms with Gasteiger partial charge >= 0.3 is 5.97 Å². The molecule has 0 aromatic heterocycles. The predicted molar refractivity (Wildman–Crippen MR) is 72.1 cm³/mol. The molecule has 2 N–H and O–H groups in total. The molecule has 1 aliphatic carbocycles. The molecule has 0 atom stereocenters. The molecule has 2 rings (SSSR count). The van der Waals surface area contributed by atoms with Crippen molar-refractivity contribution in [3.05, 3.63) is 29.6 Å². The predicted octanol–water partition coefficient (Wildman–Crippen LogP) is 1.37. The van der Waals surface area contributed by atoms with Gasteiger partial charge in [-0.05, 0) is 37.5 Å². The van der Waals surface area contributed by atoms with Gasteiger partial charge in [0, 0.05) is 13.7 Å². The highest BCUT2D eigenvalue weighted by Gasteiger charge is 2.38. The van der Waals surface area contributed by atoms with Gasteiger partial charge < -0.3 is 9.84 Å². The Morgan fingerprint density at radius 3 is 2.62 bits per heavy atom. The molecule has 6 nitrogen and oxygen atoms in total. The van der Waals surface area contributed by atoms with Crippen LogP contribution in [-0.4, -0.2) is 38.7 Å². The third-order valence-electron chi connectivity index (χ3n) is 3.76. The van der Waals surface area contributed by atoms with Crippen molar-refractivity contribution >= 4 is 16.0 Å². The monoisotopic (exact) mass is 317 g/mol. The minimum Gasteiger partial charge on any atom is -0.478 e. The standard InChI is InChI=1S/C13H16FNO5S/c1-20-13(5-2-6-13)8-15-21(18,19)9-3-4-11(14)10(7-9)12(16)17/h3-4,7,15H,2,5-6,8H2,1H3,(H,16,17). The molecule has 0 radical (unpaired) electrons. The summed E-state index contributed by atoms with van der Waals surface area (Å²) in [6, 6.07) is 2.66. The maximum absolute atomic E-state index is 13.3. The van der Waals surface area contributed by atoms with Gasteiger partial charge in [0.2, 0.25) is 10.0 Å². The first-order valence-corrected chi connectivity index (χ1v) is 7.86. The Hall–Kier alpha value is -1.51. The molecule has 1 aliphatic rings. The van der Waals surface area contributed by atoms with Gasteiger partial charge in [-0.25, -0.2) is 22.3 Å². The van der Waals surface area contributed by atoms with Crippen LogP contribution in [0.5, 0.6) is 0 Å². The number of aromatic carboxylic acids is 1. The molecule has 1 fully saturated rings. The summed E-state index contributed by atoms with van der Waals surface area (Å²) in [5.74, 6) is -2.49. The van der Waals surface area contributed by atoms with E-state index in [1.54, 1.807) is 0 Å². The lowest BCUT2D eigenvalue weighted by Crippen LogP contribution is -2.49. The number of benzene rings is 1. The molecule has 0 unspecified atom stereocenters. The molecule has 1 saturated carbocycles. The summed E-state index contributed by atoms with van der Waals surface area (Å²) in [5.41, 5.74) is -1.18. The topological polar surface area (TPSA) is 92.7 Å². The van der Waals surface area contributed by atoms with Crippen molar-refractivity contribution in [2.24, 2.45) is 0 Å². The lowest BCUT2D eigenvalue weighted by Gasteiger charge is -2.40. The quantitative estimate of drug-likeness (QED) is 0.826. The fourth-order valence-electron chi connectivity index (χ4n) is 2.17. The first-order valence-electron chi connectivity index (χ1n) is 6.37. The minimum absolute atomic E-state index is 0.103. The van der Waals surface area contributed by atoms with Crippen LogP contribution in [0.4, 0.5) is 4.39 Å². The van der Waals surface area contributed by atoms with Gasteiger partial charge in [-0.3, -0.25) is 0 Å². The Labute approximate surface area is 122 Å².